The predicted octanol–water partition coefficient (Wildman–Crippen LogP) is -0.0571. The molecular weight excluding hydrogens is 596 g/mol. The molecule has 0 aliphatic heterocycles. The number of aliphatic imine (C=N–C) groups is 4. The van der Waals surface area contributed by atoms with Gasteiger partial charge >= 0.3 is 19.5 Å². The minimum Gasteiger partial charge on any atom is -1.00 e. The van der Waals surface area contributed by atoms with Gasteiger partial charge in [-0.25, -0.2) is 0 Å². The summed E-state index contributed by atoms with van der Waals surface area (Å²) in [6, 6.07) is 2.36. The maximum absolute atomic E-state index is 4.59. The van der Waals surface area contributed by atoms with Crippen molar-refractivity contribution >= 4 is 24.9 Å². The van der Waals surface area contributed by atoms with Crippen LogP contribution in [0.4, 0.5) is 0 Å². The molecule has 0 unspecified atom stereocenters. The number of rotatable bonds is 6. The van der Waals surface area contributed by atoms with Crippen molar-refractivity contribution < 1.29 is 55.2 Å². The van der Waals surface area contributed by atoms with E-state index in [-0.39, 0.29) is 55.2 Å². The van der Waals surface area contributed by atoms with E-state index in [1.54, 1.807) is 0 Å². The fourth-order valence-electron chi connectivity index (χ4n) is 5.56. The van der Waals surface area contributed by atoms with Crippen LogP contribution in [0.2, 0.25) is 0 Å². The standard InChI is InChI=1S/2C14H24N2.2ClH.2H2O.Ru/c2*1-3-7-13(8-4-1)15-11-12-16-14-9-5-2-6-10-14;;;;;/h2*11-14H,1-10H2;2*1H;2*1H2;/q;;;;;;+2/p-2. The van der Waals surface area contributed by atoms with Crippen LogP contribution in [0.5, 0.6) is 0 Å². The quantitative estimate of drug-likeness (QED) is 0.284. The molecule has 0 radical (unpaired) electrons. The van der Waals surface area contributed by atoms with Crippen LogP contribution in [0.25, 0.3) is 0 Å². The zero-order chi connectivity index (χ0) is 22.1. The van der Waals surface area contributed by atoms with E-state index in [1.165, 1.54) is 128 Å². The van der Waals surface area contributed by atoms with E-state index < -0.39 is 0 Å². The van der Waals surface area contributed by atoms with Crippen LogP contribution < -0.4 is 24.8 Å². The van der Waals surface area contributed by atoms with Crippen molar-refractivity contribution in [3.8, 4) is 0 Å². The third-order valence-electron chi connectivity index (χ3n) is 7.62. The zero-order valence-corrected chi connectivity index (χ0v) is 25.9. The van der Waals surface area contributed by atoms with Crippen molar-refractivity contribution in [1.82, 2.24) is 0 Å². The van der Waals surface area contributed by atoms with Gasteiger partial charge in [0, 0.05) is 49.0 Å². The molecule has 0 aromatic rings. The molecule has 0 spiro atoms. The molecule has 9 heteroatoms. The van der Waals surface area contributed by atoms with E-state index in [0.717, 1.165) is 0 Å². The first-order chi connectivity index (χ1) is 15.9. The Kier molecular flexibility index (Phi) is 30.5. The molecule has 0 aromatic heterocycles. The molecular formula is C28H52Cl2N4O2Ru. The van der Waals surface area contributed by atoms with Gasteiger partial charge in [0.05, 0.1) is 0 Å². The number of hydrogen-bond donors (Lipinski definition) is 0. The van der Waals surface area contributed by atoms with E-state index in [9.17, 15) is 0 Å². The second kappa shape index (κ2) is 27.4. The van der Waals surface area contributed by atoms with Gasteiger partial charge in [0.2, 0.25) is 0 Å². The van der Waals surface area contributed by atoms with Crippen molar-refractivity contribution in [1.29, 1.82) is 0 Å². The Bertz CT molecular complexity index is 495. The largest absolute Gasteiger partial charge is 2.00 e. The van der Waals surface area contributed by atoms with Gasteiger partial charge in [0.15, 0.2) is 0 Å². The summed E-state index contributed by atoms with van der Waals surface area (Å²) in [6.45, 7) is 0. The molecule has 4 saturated carbocycles. The van der Waals surface area contributed by atoms with Crippen LogP contribution in [-0.2, 0) is 19.5 Å². The fraction of sp³-hybridized carbons (Fsp3) is 0.857. The first-order valence-corrected chi connectivity index (χ1v) is 14.0. The maximum Gasteiger partial charge on any atom is 2.00 e. The Hall–Kier alpha value is -0.197. The Morgan fingerprint density at radius 3 is 0.649 bits per heavy atom. The fourth-order valence-corrected chi connectivity index (χ4v) is 5.56. The van der Waals surface area contributed by atoms with Gasteiger partial charge in [-0.3, -0.25) is 20.0 Å². The molecule has 4 aliphatic carbocycles. The van der Waals surface area contributed by atoms with Crippen LogP contribution in [-0.4, -0.2) is 60.0 Å². The molecule has 0 heterocycles. The van der Waals surface area contributed by atoms with E-state index in [2.05, 4.69) is 20.0 Å². The molecule has 4 aliphatic rings. The van der Waals surface area contributed by atoms with Crippen molar-refractivity contribution in [2.24, 2.45) is 20.0 Å². The Morgan fingerprint density at radius 1 is 0.324 bits per heavy atom. The molecule has 4 fully saturated rings. The number of nitrogens with zero attached hydrogens (tertiary/aromatic N) is 4. The molecule has 4 rings (SSSR count). The topological polar surface area (TPSA) is 112 Å². The van der Waals surface area contributed by atoms with Gasteiger partial charge < -0.3 is 35.8 Å². The third-order valence-corrected chi connectivity index (χ3v) is 7.62. The summed E-state index contributed by atoms with van der Waals surface area (Å²) in [5.41, 5.74) is 0. The minimum atomic E-state index is 0. The molecule has 6 nitrogen and oxygen atoms in total. The summed E-state index contributed by atoms with van der Waals surface area (Å²) in [7, 11) is 0. The molecule has 4 N–H and O–H groups in total. The van der Waals surface area contributed by atoms with Gasteiger partial charge in [0.25, 0.3) is 0 Å². The Balaban J connectivity index is -0.000000550. The molecule has 0 saturated heterocycles. The summed E-state index contributed by atoms with van der Waals surface area (Å²) >= 11 is 0. The monoisotopic (exact) mass is 648 g/mol. The van der Waals surface area contributed by atoms with Gasteiger partial charge in [-0.2, -0.15) is 0 Å². The molecule has 218 valence electrons. The average molecular weight is 649 g/mol. The van der Waals surface area contributed by atoms with Gasteiger partial charge in [-0.05, 0) is 51.4 Å². The van der Waals surface area contributed by atoms with Crippen LogP contribution in [0.15, 0.2) is 20.0 Å². The summed E-state index contributed by atoms with van der Waals surface area (Å²) in [4.78, 5) is 18.4. The summed E-state index contributed by atoms with van der Waals surface area (Å²) in [6.07, 6.45) is 34.6. The van der Waals surface area contributed by atoms with Gasteiger partial charge in [-0.1, -0.05) is 77.0 Å². The van der Waals surface area contributed by atoms with Crippen LogP contribution in [0.1, 0.15) is 128 Å². The van der Waals surface area contributed by atoms with Crippen molar-refractivity contribution in [2.75, 3.05) is 0 Å². The van der Waals surface area contributed by atoms with Gasteiger partial charge in [0.1, 0.15) is 0 Å². The first kappa shape index (κ1) is 41.3. The van der Waals surface area contributed by atoms with Crippen LogP contribution in [0.3, 0.4) is 0 Å². The first-order valence-electron chi connectivity index (χ1n) is 14.0. The average Bonchev–Trinajstić information content (AvgIpc) is 2.88. The maximum atomic E-state index is 4.59. The van der Waals surface area contributed by atoms with Crippen LogP contribution in [0, 0.1) is 0 Å². The van der Waals surface area contributed by atoms with Crippen molar-refractivity contribution in [3.63, 3.8) is 0 Å². The minimum absolute atomic E-state index is 0. The second-order valence-corrected chi connectivity index (χ2v) is 10.4. The van der Waals surface area contributed by atoms with E-state index in [0.29, 0.717) is 24.2 Å². The Morgan fingerprint density at radius 2 is 0.486 bits per heavy atom. The smallest absolute Gasteiger partial charge is 1.00 e. The Labute approximate surface area is 251 Å². The number of halogens is 2. The molecule has 0 aromatic carbocycles. The predicted molar refractivity (Wildman–Crippen MR) is 149 cm³/mol. The summed E-state index contributed by atoms with van der Waals surface area (Å²) in [5, 5.41) is 0. The molecule has 0 amide bonds. The molecule has 0 bridgehead atoms. The van der Waals surface area contributed by atoms with Gasteiger partial charge in [-0.15, -0.1) is 0 Å². The summed E-state index contributed by atoms with van der Waals surface area (Å²) < 4.78 is 0. The zero-order valence-electron chi connectivity index (χ0n) is 22.7. The van der Waals surface area contributed by atoms with Crippen LogP contribution >= 0.6 is 0 Å². The third kappa shape index (κ3) is 19.5. The molecule has 0 atom stereocenters. The van der Waals surface area contributed by atoms with E-state index in [1.807, 2.05) is 24.9 Å². The van der Waals surface area contributed by atoms with Crippen molar-refractivity contribution in [2.45, 2.75) is 153 Å². The number of hydrogen-bond acceptors (Lipinski definition) is 4. The normalized spacial score (nSPS) is 22.3. The summed E-state index contributed by atoms with van der Waals surface area (Å²) in [5.74, 6) is 0. The SMILES string of the molecule is C(C=NC1CCCCC1)=NC1CCCCC1.C(C=NC1CCCCC1)=NC1CCCCC1.O.O.[Cl-].[Cl-].[Ru+2]. The van der Waals surface area contributed by atoms with E-state index >= 15 is 0 Å². The van der Waals surface area contributed by atoms with E-state index in [4.69, 9.17) is 0 Å². The second-order valence-electron chi connectivity index (χ2n) is 10.4. The van der Waals surface area contributed by atoms with Crippen molar-refractivity contribution in [3.05, 3.63) is 0 Å². The molecule has 37 heavy (non-hydrogen) atoms.